The van der Waals surface area contributed by atoms with Crippen LogP contribution in [0.2, 0.25) is 0 Å². The predicted molar refractivity (Wildman–Crippen MR) is 65.7 cm³/mol. The minimum absolute atomic E-state index is 0.782. The van der Waals surface area contributed by atoms with Crippen molar-refractivity contribution in [2.24, 2.45) is 0 Å². The van der Waals surface area contributed by atoms with Crippen molar-refractivity contribution in [1.29, 1.82) is 0 Å². The standard InChI is InChI=1S/C12H9AsN4/c13-17-8-16-11-10(14-7-15-12(11)17)6-9-4-2-1-3-5-9/h1-5,7-8H,6H2. The van der Waals surface area contributed by atoms with Gasteiger partial charge in [-0.05, 0) is 0 Å². The van der Waals surface area contributed by atoms with E-state index in [0.29, 0.717) is 0 Å². The van der Waals surface area contributed by atoms with Crippen LogP contribution in [0.25, 0.3) is 11.2 Å². The van der Waals surface area contributed by atoms with Gasteiger partial charge in [0.2, 0.25) is 0 Å². The van der Waals surface area contributed by atoms with Crippen LogP contribution in [-0.4, -0.2) is 35.5 Å². The van der Waals surface area contributed by atoms with Gasteiger partial charge in [-0.25, -0.2) is 0 Å². The van der Waals surface area contributed by atoms with Crippen molar-refractivity contribution in [3.05, 3.63) is 54.2 Å². The first-order valence-electron chi connectivity index (χ1n) is 5.25. The van der Waals surface area contributed by atoms with E-state index in [-0.39, 0.29) is 0 Å². The third-order valence-electron chi connectivity index (χ3n) is 2.61. The molecule has 4 nitrogen and oxygen atoms in total. The molecular formula is C12H9AsN4. The Hall–Kier alpha value is -1.67. The number of nitrogens with zero attached hydrogens (tertiary/aromatic N) is 4. The molecule has 0 unspecified atom stereocenters. The molecule has 0 saturated heterocycles. The van der Waals surface area contributed by atoms with Crippen LogP contribution in [0.5, 0.6) is 0 Å². The molecule has 1 aromatic carbocycles. The van der Waals surface area contributed by atoms with E-state index in [1.807, 2.05) is 21.7 Å². The monoisotopic (exact) mass is 284 g/mol. The third-order valence-corrected chi connectivity index (χ3v) is 3.22. The summed E-state index contributed by atoms with van der Waals surface area (Å²) in [5.74, 6) is 0. The van der Waals surface area contributed by atoms with Crippen molar-refractivity contribution < 1.29 is 0 Å². The van der Waals surface area contributed by atoms with Crippen molar-refractivity contribution in [3.8, 4) is 0 Å². The SMILES string of the molecule is [As]n1cnc2c(Cc3ccccc3)ncnc21. The quantitative estimate of drug-likeness (QED) is 0.667. The number of hydrogen-bond acceptors (Lipinski definition) is 3. The zero-order chi connectivity index (χ0) is 11.7. The van der Waals surface area contributed by atoms with E-state index >= 15 is 0 Å². The Kier molecular flexibility index (Phi) is 2.65. The van der Waals surface area contributed by atoms with Gasteiger partial charge in [0.25, 0.3) is 0 Å². The molecule has 0 aliphatic rings. The molecule has 0 spiro atoms. The van der Waals surface area contributed by atoms with Gasteiger partial charge in [0.15, 0.2) is 0 Å². The van der Waals surface area contributed by atoms with E-state index in [2.05, 4.69) is 44.2 Å². The normalized spacial score (nSPS) is 10.9. The first-order chi connectivity index (χ1) is 8.34. The van der Waals surface area contributed by atoms with E-state index in [0.717, 1.165) is 23.3 Å². The summed E-state index contributed by atoms with van der Waals surface area (Å²) in [6, 6.07) is 10.3. The Labute approximate surface area is 107 Å². The van der Waals surface area contributed by atoms with Crippen molar-refractivity contribution in [2.75, 3.05) is 0 Å². The second-order valence-corrected chi connectivity index (χ2v) is 4.65. The van der Waals surface area contributed by atoms with Crippen LogP contribution in [0.3, 0.4) is 0 Å². The summed E-state index contributed by atoms with van der Waals surface area (Å²) < 4.78 is 1.85. The van der Waals surface area contributed by atoms with E-state index in [9.17, 15) is 0 Å². The Morgan fingerprint density at radius 1 is 1.06 bits per heavy atom. The summed E-state index contributed by atoms with van der Waals surface area (Å²) in [4.78, 5) is 12.9. The number of imidazole rings is 1. The summed E-state index contributed by atoms with van der Waals surface area (Å²) in [5.41, 5.74) is 3.92. The van der Waals surface area contributed by atoms with Crippen LogP contribution >= 0.6 is 0 Å². The molecule has 5 heteroatoms. The van der Waals surface area contributed by atoms with Crippen LogP contribution < -0.4 is 0 Å². The molecule has 0 saturated carbocycles. The molecule has 0 fully saturated rings. The first-order valence-corrected chi connectivity index (χ1v) is 6.08. The van der Waals surface area contributed by atoms with Gasteiger partial charge in [0, 0.05) is 0 Å². The molecule has 2 aromatic heterocycles. The van der Waals surface area contributed by atoms with Gasteiger partial charge in [-0.2, -0.15) is 0 Å². The molecular weight excluding hydrogens is 275 g/mol. The Bertz CT molecular complexity index is 648. The van der Waals surface area contributed by atoms with Crippen molar-refractivity contribution in [2.45, 2.75) is 6.42 Å². The molecule has 2 heterocycles. The van der Waals surface area contributed by atoms with Crippen LogP contribution in [0.1, 0.15) is 11.3 Å². The van der Waals surface area contributed by atoms with Crippen LogP contribution in [0, 0.1) is 0 Å². The second kappa shape index (κ2) is 4.30. The number of benzene rings is 1. The summed E-state index contributed by atoms with van der Waals surface area (Å²) in [6.45, 7) is 0. The van der Waals surface area contributed by atoms with E-state index < -0.39 is 0 Å². The van der Waals surface area contributed by atoms with Gasteiger partial charge < -0.3 is 0 Å². The number of rotatable bonds is 2. The molecule has 0 amide bonds. The van der Waals surface area contributed by atoms with Crippen LogP contribution in [0.15, 0.2) is 43.0 Å². The fourth-order valence-electron chi connectivity index (χ4n) is 1.79. The van der Waals surface area contributed by atoms with Gasteiger partial charge in [-0.1, -0.05) is 0 Å². The van der Waals surface area contributed by atoms with Crippen molar-refractivity contribution in [3.63, 3.8) is 0 Å². The molecule has 82 valence electrons. The topological polar surface area (TPSA) is 43.6 Å². The molecule has 3 rings (SSSR count). The summed E-state index contributed by atoms with van der Waals surface area (Å²) in [5, 5.41) is 0. The third kappa shape index (κ3) is 1.96. The molecule has 0 aliphatic carbocycles. The van der Waals surface area contributed by atoms with Gasteiger partial charge in [0.05, 0.1) is 0 Å². The van der Waals surface area contributed by atoms with Crippen molar-refractivity contribution >= 4 is 28.2 Å². The molecule has 2 radical (unpaired) electrons. The predicted octanol–water partition coefficient (Wildman–Crippen LogP) is 1.35. The van der Waals surface area contributed by atoms with Gasteiger partial charge >= 0.3 is 107 Å². The molecule has 0 aliphatic heterocycles. The average Bonchev–Trinajstić information content (AvgIpc) is 2.74. The summed E-state index contributed by atoms with van der Waals surface area (Å²) >= 11 is 2.41. The molecule has 0 bridgehead atoms. The molecule has 3 aromatic rings. The summed E-state index contributed by atoms with van der Waals surface area (Å²) in [7, 11) is 0. The Balaban J connectivity index is 2.06. The second-order valence-electron chi connectivity index (χ2n) is 3.74. The minimum atomic E-state index is 0.782. The number of fused-ring (bicyclic) bond motifs is 1. The Morgan fingerprint density at radius 2 is 1.88 bits per heavy atom. The Morgan fingerprint density at radius 3 is 2.71 bits per heavy atom. The van der Waals surface area contributed by atoms with Crippen molar-refractivity contribution in [1.82, 2.24) is 18.4 Å². The first kappa shape index (κ1) is 10.5. The number of hydrogen-bond donors (Lipinski definition) is 0. The van der Waals surface area contributed by atoms with Crippen LogP contribution in [0.4, 0.5) is 0 Å². The maximum atomic E-state index is 4.34. The van der Waals surface area contributed by atoms with Gasteiger partial charge in [0.1, 0.15) is 0 Å². The zero-order valence-corrected chi connectivity index (χ0v) is 10.9. The fourth-order valence-corrected chi connectivity index (χ4v) is 2.21. The van der Waals surface area contributed by atoms with E-state index in [1.54, 1.807) is 12.7 Å². The molecule has 0 N–H and O–H groups in total. The molecule has 0 atom stereocenters. The molecule has 17 heavy (non-hydrogen) atoms. The maximum absolute atomic E-state index is 4.34. The van der Waals surface area contributed by atoms with Gasteiger partial charge in [-0.3, -0.25) is 0 Å². The fraction of sp³-hybridized carbons (Fsp3) is 0.0833. The number of aromatic nitrogens is 4. The average molecular weight is 284 g/mol. The van der Waals surface area contributed by atoms with Crippen LogP contribution in [-0.2, 0) is 6.42 Å². The van der Waals surface area contributed by atoms with E-state index in [1.165, 1.54) is 5.56 Å². The van der Waals surface area contributed by atoms with Gasteiger partial charge in [-0.15, -0.1) is 0 Å². The van der Waals surface area contributed by atoms with E-state index in [4.69, 9.17) is 0 Å². The zero-order valence-electron chi connectivity index (χ0n) is 8.98. The summed E-state index contributed by atoms with van der Waals surface area (Å²) in [6.07, 6.45) is 4.12.